The van der Waals surface area contributed by atoms with E-state index in [1.165, 1.54) is 11.8 Å². The van der Waals surface area contributed by atoms with Gasteiger partial charge < -0.3 is 10.2 Å². The average Bonchev–Trinajstić information content (AvgIpc) is 3.03. The summed E-state index contributed by atoms with van der Waals surface area (Å²) in [6.07, 6.45) is 2.29. The van der Waals surface area contributed by atoms with E-state index in [4.69, 9.17) is 10.2 Å². The first-order valence-electron chi connectivity index (χ1n) is 5.33. The zero-order valence-electron chi connectivity index (χ0n) is 9.25. The fourth-order valence-electron chi connectivity index (χ4n) is 1.45. The quantitative estimate of drug-likeness (QED) is 0.829. The van der Waals surface area contributed by atoms with E-state index < -0.39 is 0 Å². The standard InChI is InChI=1S/C10H11N5OS/c1-5-14-15-10(16-5)17-8-4-7(11)12-9(13-8)6-2-3-6/h4,6H,2-3H2,1H3,(H2,11,12,13). The van der Waals surface area contributed by atoms with Gasteiger partial charge in [0, 0.05) is 18.9 Å². The molecule has 0 saturated heterocycles. The van der Waals surface area contributed by atoms with Gasteiger partial charge in [-0.15, -0.1) is 10.2 Å². The number of aryl methyl sites for hydroxylation is 1. The minimum absolute atomic E-state index is 0.474. The summed E-state index contributed by atoms with van der Waals surface area (Å²) in [5.41, 5.74) is 5.75. The molecular weight excluding hydrogens is 238 g/mol. The van der Waals surface area contributed by atoms with Gasteiger partial charge in [-0.25, -0.2) is 9.97 Å². The van der Waals surface area contributed by atoms with Crippen LogP contribution in [0.3, 0.4) is 0 Å². The Morgan fingerprint density at radius 2 is 2.18 bits per heavy atom. The van der Waals surface area contributed by atoms with Crippen molar-refractivity contribution in [3.63, 3.8) is 0 Å². The lowest BCUT2D eigenvalue weighted by atomic mass is 10.4. The zero-order chi connectivity index (χ0) is 11.8. The molecule has 0 unspecified atom stereocenters. The molecule has 2 aromatic rings. The first-order valence-corrected chi connectivity index (χ1v) is 6.15. The molecule has 1 aliphatic carbocycles. The van der Waals surface area contributed by atoms with Crippen molar-refractivity contribution < 1.29 is 4.42 Å². The first kappa shape index (κ1) is 10.5. The summed E-state index contributed by atoms with van der Waals surface area (Å²) in [5, 5.41) is 8.90. The molecule has 7 heteroatoms. The minimum Gasteiger partial charge on any atom is -0.416 e. The zero-order valence-corrected chi connectivity index (χ0v) is 10.1. The molecule has 0 amide bonds. The van der Waals surface area contributed by atoms with Crippen LogP contribution < -0.4 is 5.73 Å². The maximum absolute atomic E-state index is 5.75. The summed E-state index contributed by atoms with van der Waals surface area (Å²) in [7, 11) is 0. The molecule has 0 atom stereocenters. The molecule has 6 nitrogen and oxygen atoms in total. The van der Waals surface area contributed by atoms with E-state index in [-0.39, 0.29) is 0 Å². The van der Waals surface area contributed by atoms with Crippen LogP contribution in [0.15, 0.2) is 20.7 Å². The van der Waals surface area contributed by atoms with Crippen molar-refractivity contribution in [2.45, 2.75) is 35.9 Å². The van der Waals surface area contributed by atoms with Gasteiger partial charge in [0.15, 0.2) is 0 Å². The largest absolute Gasteiger partial charge is 0.416 e. The highest BCUT2D eigenvalue weighted by Crippen LogP contribution is 2.39. The maximum atomic E-state index is 5.75. The maximum Gasteiger partial charge on any atom is 0.282 e. The fourth-order valence-corrected chi connectivity index (χ4v) is 2.19. The van der Waals surface area contributed by atoms with Crippen LogP contribution in [-0.2, 0) is 0 Å². The predicted molar refractivity (Wildman–Crippen MR) is 61.6 cm³/mol. The van der Waals surface area contributed by atoms with Crippen molar-refractivity contribution in [2.75, 3.05) is 5.73 Å². The van der Waals surface area contributed by atoms with E-state index >= 15 is 0 Å². The molecule has 1 saturated carbocycles. The van der Waals surface area contributed by atoms with E-state index in [0.717, 1.165) is 23.7 Å². The van der Waals surface area contributed by atoms with Gasteiger partial charge in [-0.05, 0) is 24.6 Å². The van der Waals surface area contributed by atoms with Crippen molar-refractivity contribution in [3.05, 3.63) is 17.8 Å². The van der Waals surface area contributed by atoms with Crippen molar-refractivity contribution in [1.82, 2.24) is 20.2 Å². The van der Waals surface area contributed by atoms with Gasteiger partial charge >= 0.3 is 0 Å². The van der Waals surface area contributed by atoms with Crippen LogP contribution >= 0.6 is 11.8 Å². The van der Waals surface area contributed by atoms with E-state index in [2.05, 4.69) is 20.2 Å². The second-order valence-electron chi connectivity index (χ2n) is 3.95. The summed E-state index contributed by atoms with van der Waals surface area (Å²) in [5.74, 6) is 2.32. The lowest BCUT2D eigenvalue weighted by Crippen LogP contribution is -1.99. The van der Waals surface area contributed by atoms with Gasteiger partial charge in [0.2, 0.25) is 5.89 Å². The number of rotatable bonds is 3. The van der Waals surface area contributed by atoms with E-state index in [0.29, 0.717) is 22.8 Å². The SMILES string of the molecule is Cc1nnc(Sc2cc(N)nc(C3CC3)n2)o1. The molecule has 1 aliphatic rings. The Kier molecular flexibility index (Phi) is 2.47. The number of nitrogens with zero attached hydrogens (tertiary/aromatic N) is 4. The highest BCUT2D eigenvalue weighted by molar-refractivity contribution is 7.99. The van der Waals surface area contributed by atoms with Crippen LogP contribution in [0.5, 0.6) is 0 Å². The third-order valence-electron chi connectivity index (χ3n) is 2.38. The first-order chi connectivity index (χ1) is 8.20. The number of hydrogen-bond donors (Lipinski definition) is 1. The smallest absolute Gasteiger partial charge is 0.282 e. The second kappa shape index (κ2) is 3.99. The molecule has 88 valence electrons. The Morgan fingerprint density at radius 3 is 2.82 bits per heavy atom. The average molecular weight is 249 g/mol. The molecule has 1 fully saturated rings. The Labute approximate surface area is 102 Å². The van der Waals surface area contributed by atoms with Crippen molar-refractivity contribution in [2.24, 2.45) is 0 Å². The normalized spacial score (nSPS) is 15.1. The van der Waals surface area contributed by atoms with Crippen LogP contribution in [0.4, 0.5) is 5.82 Å². The summed E-state index contributed by atoms with van der Waals surface area (Å²) in [4.78, 5) is 8.67. The summed E-state index contributed by atoms with van der Waals surface area (Å²) >= 11 is 1.31. The fraction of sp³-hybridized carbons (Fsp3) is 0.400. The van der Waals surface area contributed by atoms with E-state index in [9.17, 15) is 0 Å². The van der Waals surface area contributed by atoms with Gasteiger partial charge in [-0.3, -0.25) is 0 Å². The molecule has 0 radical (unpaired) electrons. The third-order valence-corrected chi connectivity index (χ3v) is 3.14. The van der Waals surface area contributed by atoms with Gasteiger partial charge in [0.25, 0.3) is 5.22 Å². The van der Waals surface area contributed by atoms with Crippen LogP contribution in [0.2, 0.25) is 0 Å². The number of anilines is 1. The van der Waals surface area contributed by atoms with E-state index in [1.54, 1.807) is 13.0 Å². The Morgan fingerprint density at radius 1 is 1.35 bits per heavy atom. The van der Waals surface area contributed by atoms with Crippen LogP contribution in [0, 0.1) is 6.92 Å². The number of aromatic nitrogens is 4. The molecule has 2 heterocycles. The van der Waals surface area contributed by atoms with Crippen LogP contribution in [0.25, 0.3) is 0 Å². The molecule has 0 aliphatic heterocycles. The molecule has 3 rings (SSSR count). The molecule has 2 N–H and O–H groups in total. The number of nitrogens with two attached hydrogens (primary N) is 1. The third kappa shape index (κ3) is 2.38. The molecule has 0 aromatic carbocycles. The van der Waals surface area contributed by atoms with Crippen LogP contribution in [0.1, 0.15) is 30.5 Å². The number of nitrogen functional groups attached to an aromatic ring is 1. The Hall–Kier alpha value is -1.63. The Balaban J connectivity index is 1.86. The summed E-state index contributed by atoms with van der Waals surface area (Å²) in [6.45, 7) is 1.75. The molecule has 2 aromatic heterocycles. The molecule has 17 heavy (non-hydrogen) atoms. The lowest BCUT2D eigenvalue weighted by molar-refractivity contribution is 0.429. The summed E-state index contributed by atoms with van der Waals surface area (Å²) in [6, 6.07) is 1.72. The van der Waals surface area contributed by atoms with Crippen molar-refractivity contribution in [3.8, 4) is 0 Å². The topological polar surface area (TPSA) is 90.7 Å². The van der Waals surface area contributed by atoms with Gasteiger partial charge in [-0.2, -0.15) is 0 Å². The molecule has 0 bridgehead atoms. The van der Waals surface area contributed by atoms with Gasteiger partial charge in [-0.1, -0.05) is 0 Å². The summed E-state index contributed by atoms with van der Waals surface area (Å²) < 4.78 is 5.28. The highest BCUT2D eigenvalue weighted by Gasteiger charge is 2.27. The molecular formula is C10H11N5OS. The van der Waals surface area contributed by atoms with Gasteiger partial charge in [0.05, 0.1) is 0 Å². The second-order valence-corrected chi connectivity index (χ2v) is 4.92. The van der Waals surface area contributed by atoms with Crippen molar-refractivity contribution >= 4 is 17.6 Å². The molecule has 0 spiro atoms. The number of hydrogen-bond acceptors (Lipinski definition) is 7. The van der Waals surface area contributed by atoms with E-state index in [1.807, 2.05) is 0 Å². The van der Waals surface area contributed by atoms with Crippen LogP contribution in [-0.4, -0.2) is 20.2 Å². The minimum atomic E-state index is 0.474. The van der Waals surface area contributed by atoms with Crippen molar-refractivity contribution in [1.29, 1.82) is 0 Å². The lowest BCUT2D eigenvalue weighted by Gasteiger charge is -2.02. The highest BCUT2D eigenvalue weighted by atomic mass is 32.2. The van der Waals surface area contributed by atoms with Gasteiger partial charge in [0.1, 0.15) is 16.7 Å². The predicted octanol–water partition coefficient (Wildman–Crippen LogP) is 1.78. The Bertz CT molecular complexity index is 551. The monoisotopic (exact) mass is 249 g/mol.